The molecule has 1 fully saturated rings. The van der Waals surface area contributed by atoms with Crippen molar-refractivity contribution in [2.45, 2.75) is 32.4 Å². The zero-order chi connectivity index (χ0) is 16.9. The second kappa shape index (κ2) is 9.18. The molecule has 1 aromatic carbocycles. The lowest BCUT2D eigenvalue weighted by Crippen LogP contribution is -2.41. The SMILES string of the molecule is CC(N)C1CCCN(Cc2ccc(N(C)c3ccccc3)nc2)C1.Cl. The third-order valence-electron chi connectivity index (χ3n) is 4.99. The summed E-state index contributed by atoms with van der Waals surface area (Å²) < 4.78 is 0. The minimum Gasteiger partial charge on any atom is -0.329 e. The molecule has 0 saturated carbocycles. The molecule has 2 atom stereocenters. The predicted molar refractivity (Wildman–Crippen MR) is 108 cm³/mol. The highest BCUT2D eigenvalue weighted by molar-refractivity contribution is 5.85. The number of nitrogens with zero attached hydrogens (tertiary/aromatic N) is 3. The van der Waals surface area contributed by atoms with Crippen LogP contribution >= 0.6 is 12.4 Å². The quantitative estimate of drug-likeness (QED) is 0.880. The van der Waals surface area contributed by atoms with Gasteiger partial charge in [0.2, 0.25) is 0 Å². The first-order valence-electron chi connectivity index (χ1n) is 8.85. The van der Waals surface area contributed by atoms with E-state index in [-0.39, 0.29) is 18.4 Å². The average Bonchev–Trinajstić information content (AvgIpc) is 2.63. The summed E-state index contributed by atoms with van der Waals surface area (Å²) in [5.41, 5.74) is 8.50. The molecule has 2 unspecified atom stereocenters. The maximum atomic E-state index is 6.09. The van der Waals surface area contributed by atoms with Gasteiger partial charge >= 0.3 is 0 Å². The van der Waals surface area contributed by atoms with E-state index >= 15 is 0 Å². The Morgan fingerprint density at radius 1 is 1.24 bits per heavy atom. The van der Waals surface area contributed by atoms with Gasteiger partial charge in [0.25, 0.3) is 0 Å². The van der Waals surface area contributed by atoms with Crippen molar-refractivity contribution in [1.82, 2.24) is 9.88 Å². The largest absolute Gasteiger partial charge is 0.329 e. The van der Waals surface area contributed by atoms with Gasteiger partial charge in [-0.25, -0.2) is 4.98 Å². The maximum absolute atomic E-state index is 6.09. The van der Waals surface area contributed by atoms with Crippen LogP contribution in [0.15, 0.2) is 48.7 Å². The van der Waals surface area contributed by atoms with Crippen LogP contribution in [-0.4, -0.2) is 36.1 Å². The van der Waals surface area contributed by atoms with Crippen LogP contribution < -0.4 is 10.6 Å². The first-order valence-corrected chi connectivity index (χ1v) is 8.85. The highest BCUT2D eigenvalue weighted by Crippen LogP contribution is 2.23. The van der Waals surface area contributed by atoms with Crippen molar-refractivity contribution in [1.29, 1.82) is 0 Å². The number of halogens is 1. The van der Waals surface area contributed by atoms with E-state index in [1.54, 1.807) is 0 Å². The van der Waals surface area contributed by atoms with E-state index in [0.717, 1.165) is 31.1 Å². The number of piperidine rings is 1. The molecular formula is C20H29ClN4. The number of likely N-dealkylation sites (tertiary alicyclic amines) is 1. The molecule has 0 bridgehead atoms. The van der Waals surface area contributed by atoms with Crippen molar-refractivity contribution >= 4 is 23.9 Å². The topological polar surface area (TPSA) is 45.4 Å². The van der Waals surface area contributed by atoms with Crippen LogP contribution in [0.2, 0.25) is 0 Å². The van der Waals surface area contributed by atoms with E-state index in [1.807, 2.05) is 24.4 Å². The van der Waals surface area contributed by atoms with Gasteiger partial charge in [0.15, 0.2) is 0 Å². The monoisotopic (exact) mass is 360 g/mol. The second-order valence-corrected chi connectivity index (χ2v) is 6.92. The Bertz CT molecular complexity index is 630. The fraction of sp³-hybridized carbons (Fsp3) is 0.450. The molecule has 136 valence electrons. The van der Waals surface area contributed by atoms with E-state index in [1.165, 1.54) is 18.4 Å². The Morgan fingerprint density at radius 3 is 2.64 bits per heavy atom. The zero-order valence-electron chi connectivity index (χ0n) is 15.1. The van der Waals surface area contributed by atoms with Crippen molar-refractivity contribution in [2.24, 2.45) is 11.7 Å². The van der Waals surface area contributed by atoms with Gasteiger partial charge in [0.05, 0.1) is 0 Å². The normalized spacial score (nSPS) is 19.1. The summed E-state index contributed by atoms with van der Waals surface area (Å²) in [5.74, 6) is 1.59. The summed E-state index contributed by atoms with van der Waals surface area (Å²) >= 11 is 0. The van der Waals surface area contributed by atoms with Gasteiger partial charge in [-0.3, -0.25) is 4.90 Å². The van der Waals surface area contributed by atoms with E-state index in [9.17, 15) is 0 Å². The second-order valence-electron chi connectivity index (χ2n) is 6.92. The van der Waals surface area contributed by atoms with Gasteiger partial charge in [-0.05, 0) is 56.0 Å². The number of nitrogens with two attached hydrogens (primary N) is 1. The van der Waals surface area contributed by atoms with Crippen molar-refractivity contribution in [3.8, 4) is 0 Å². The molecule has 1 aliphatic rings. The molecule has 2 N–H and O–H groups in total. The van der Waals surface area contributed by atoms with E-state index in [2.05, 4.69) is 53.0 Å². The van der Waals surface area contributed by atoms with E-state index in [0.29, 0.717) is 5.92 Å². The summed E-state index contributed by atoms with van der Waals surface area (Å²) in [7, 11) is 2.05. The molecule has 1 aliphatic heterocycles. The Balaban J connectivity index is 0.00000225. The number of rotatable bonds is 5. The standard InChI is InChI=1S/C20H28N4.ClH/c1-16(21)18-7-6-12-24(15-18)14-17-10-11-20(22-13-17)23(2)19-8-4-3-5-9-19;/h3-5,8-11,13,16,18H,6-7,12,14-15,21H2,1-2H3;1H. The predicted octanol–water partition coefficient (Wildman–Crippen LogP) is 3.83. The average molecular weight is 361 g/mol. The zero-order valence-corrected chi connectivity index (χ0v) is 16.0. The molecule has 0 aliphatic carbocycles. The Hall–Kier alpha value is -1.62. The minimum atomic E-state index is 0. The van der Waals surface area contributed by atoms with Crippen LogP contribution in [0.1, 0.15) is 25.3 Å². The number of anilines is 2. The lowest BCUT2D eigenvalue weighted by molar-refractivity contribution is 0.154. The van der Waals surface area contributed by atoms with E-state index < -0.39 is 0 Å². The number of benzene rings is 1. The van der Waals surface area contributed by atoms with Crippen LogP contribution in [0.5, 0.6) is 0 Å². The summed E-state index contributed by atoms with van der Waals surface area (Å²) in [5, 5.41) is 0. The Kier molecular flexibility index (Phi) is 7.24. The fourth-order valence-electron chi connectivity index (χ4n) is 3.41. The lowest BCUT2D eigenvalue weighted by Gasteiger charge is -2.34. The summed E-state index contributed by atoms with van der Waals surface area (Å²) in [6.45, 7) is 5.35. The molecule has 0 amide bonds. The van der Waals surface area contributed by atoms with Gasteiger partial charge < -0.3 is 10.6 Å². The molecule has 5 heteroatoms. The summed E-state index contributed by atoms with van der Waals surface area (Å²) in [4.78, 5) is 9.27. The molecule has 0 spiro atoms. The first kappa shape index (κ1) is 19.7. The van der Waals surface area contributed by atoms with Crippen LogP contribution in [0, 0.1) is 5.92 Å². The molecule has 2 aromatic rings. The number of para-hydroxylation sites is 1. The third-order valence-corrected chi connectivity index (χ3v) is 4.99. The van der Waals surface area contributed by atoms with Crippen LogP contribution in [0.25, 0.3) is 0 Å². The number of pyridine rings is 1. The minimum absolute atomic E-state index is 0. The molecule has 4 nitrogen and oxygen atoms in total. The molecule has 1 saturated heterocycles. The van der Waals surface area contributed by atoms with Crippen LogP contribution in [-0.2, 0) is 6.54 Å². The summed E-state index contributed by atoms with van der Waals surface area (Å²) in [6, 6.07) is 14.9. The molecule has 3 rings (SSSR count). The highest BCUT2D eigenvalue weighted by Gasteiger charge is 2.22. The fourth-order valence-corrected chi connectivity index (χ4v) is 3.41. The van der Waals surface area contributed by atoms with Crippen molar-refractivity contribution in [3.05, 3.63) is 54.2 Å². The van der Waals surface area contributed by atoms with Gasteiger partial charge in [-0.15, -0.1) is 12.4 Å². The van der Waals surface area contributed by atoms with Crippen LogP contribution in [0.4, 0.5) is 11.5 Å². The summed E-state index contributed by atoms with van der Waals surface area (Å²) in [6.07, 6.45) is 4.51. The van der Waals surface area contributed by atoms with Gasteiger partial charge in [0.1, 0.15) is 5.82 Å². The molecular weight excluding hydrogens is 332 g/mol. The molecule has 2 heterocycles. The molecule has 1 aromatic heterocycles. The van der Waals surface area contributed by atoms with Gasteiger partial charge in [-0.2, -0.15) is 0 Å². The Morgan fingerprint density at radius 2 is 2.00 bits per heavy atom. The number of hydrogen-bond acceptors (Lipinski definition) is 4. The highest BCUT2D eigenvalue weighted by atomic mass is 35.5. The number of aromatic nitrogens is 1. The Labute approximate surface area is 157 Å². The van der Waals surface area contributed by atoms with Crippen molar-refractivity contribution < 1.29 is 0 Å². The van der Waals surface area contributed by atoms with Gasteiger partial charge in [-0.1, -0.05) is 24.3 Å². The first-order chi connectivity index (χ1) is 11.6. The maximum Gasteiger partial charge on any atom is 0.132 e. The van der Waals surface area contributed by atoms with Crippen molar-refractivity contribution in [3.63, 3.8) is 0 Å². The van der Waals surface area contributed by atoms with Gasteiger partial charge in [0, 0.05) is 38.1 Å². The van der Waals surface area contributed by atoms with Crippen molar-refractivity contribution in [2.75, 3.05) is 25.0 Å². The third kappa shape index (κ3) is 5.18. The lowest BCUT2D eigenvalue weighted by atomic mass is 9.92. The molecule has 25 heavy (non-hydrogen) atoms. The number of hydrogen-bond donors (Lipinski definition) is 1. The smallest absolute Gasteiger partial charge is 0.132 e. The van der Waals surface area contributed by atoms with Crippen LogP contribution in [0.3, 0.4) is 0 Å². The molecule has 0 radical (unpaired) electrons. The van der Waals surface area contributed by atoms with E-state index in [4.69, 9.17) is 5.73 Å².